The third-order valence-corrected chi connectivity index (χ3v) is 1.16. The number of fused-ring (bicyclic) bond motifs is 1. The summed E-state index contributed by atoms with van der Waals surface area (Å²) in [4.78, 5) is 0. The smallest absolute Gasteiger partial charge is 0.181 e. The van der Waals surface area contributed by atoms with Gasteiger partial charge in [0.2, 0.25) is 0 Å². The van der Waals surface area contributed by atoms with Gasteiger partial charge < -0.3 is 4.52 Å². The normalized spacial score (nSPS) is 10.5. The molecule has 2 nitrogen and oxygen atoms in total. The van der Waals surface area contributed by atoms with Gasteiger partial charge in [0.1, 0.15) is 5.52 Å². The van der Waals surface area contributed by atoms with Gasteiger partial charge in [-0.05, 0) is 12.1 Å². The maximum atomic E-state index is 4.83. The molecule has 40 valence electrons. The second-order valence-corrected chi connectivity index (χ2v) is 1.70. The van der Waals surface area contributed by atoms with Crippen LogP contribution in [0.1, 0.15) is 0 Å². The van der Waals surface area contributed by atoms with E-state index in [-0.39, 0.29) is 0 Å². The number of benzene rings is 1. The minimum atomic E-state index is 0.938. The standard InChI is InChI=1S/C6H5NO/c1-2-4-6-5(3-1)7-8-6/h1-4,7H. The van der Waals surface area contributed by atoms with Gasteiger partial charge in [0.25, 0.3) is 0 Å². The van der Waals surface area contributed by atoms with Crippen molar-refractivity contribution in [1.29, 1.82) is 0 Å². The van der Waals surface area contributed by atoms with Crippen LogP contribution in [0.15, 0.2) is 28.8 Å². The average Bonchev–Trinajstić information content (AvgIpc) is 1.72. The molecule has 0 aliphatic carbocycles. The Labute approximate surface area is 46.1 Å². The van der Waals surface area contributed by atoms with Gasteiger partial charge in [-0.3, -0.25) is 0 Å². The van der Waals surface area contributed by atoms with E-state index in [1.807, 2.05) is 24.3 Å². The molecule has 0 unspecified atom stereocenters. The first-order valence-electron chi connectivity index (χ1n) is 2.49. The van der Waals surface area contributed by atoms with Crippen molar-refractivity contribution < 1.29 is 4.52 Å². The van der Waals surface area contributed by atoms with Crippen molar-refractivity contribution in [3.8, 4) is 0 Å². The van der Waals surface area contributed by atoms with E-state index in [0.29, 0.717) is 0 Å². The Morgan fingerprint density at radius 2 is 2.12 bits per heavy atom. The Bertz CT molecular complexity index is 251. The maximum absolute atomic E-state index is 4.83. The summed E-state index contributed by atoms with van der Waals surface area (Å²) in [7, 11) is 0. The molecule has 0 radical (unpaired) electrons. The molecule has 0 aliphatic heterocycles. The van der Waals surface area contributed by atoms with Crippen LogP contribution in [0.25, 0.3) is 11.1 Å². The van der Waals surface area contributed by atoms with Crippen LogP contribution in [0.3, 0.4) is 0 Å². The molecule has 0 saturated carbocycles. The highest BCUT2D eigenvalue weighted by atomic mass is 16.5. The Morgan fingerprint density at radius 1 is 1.25 bits per heavy atom. The van der Waals surface area contributed by atoms with Crippen molar-refractivity contribution in [3.63, 3.8) is 0 Å². The Balaban J connectivity index is 2.88. The summed E-state index contributed by atoms with van der Waals surface area (Å²) in [5.41, 5.74) is 2.01. The van der Waals surface area contributed by atoms with Crippen molar-refractivity contribution in [2.45, 2.75) is 0 Å². The fourth-order valence-electron chi connectivity index (χ4n) is 0.704. The molecule has 0 fully saturated rings. The highest BCUT2D eigenvalue weighted by Gasteiger charge is 1.93. The zero-order valence-corrected chi connectivity index (χ0v) is 4.22. The number of aromatic nitrogens is 1. The van der Waals surface area contributed by atoms with Crippen molar-refractivity contribution in [3.05, 3.63) is 24.3 Å². The zero-order chi connectivity index (χ0) is 5.40. The number of nitrogens with one attached hydrogen (secondary N) is 1. The summed E-state index contributed by atoms with van der Waals surface area (Å²) < 4.78 is 4.83. The summed E-state index contributed by atoms with van der Waals surface area (Å²) in [6.07, 6.45) is 0. The molecule has 1 heterocycles. The van der Waals surface area contributed by atoms with E-state index < -0.39 is 0 Å². The van der Waals surface area contributed by atoms with Crippen LogP contribution in [0.5, 0.6) is 0 Å². The molecule has 0 atom stereocenters. The van der Waals surface area contributed by atoms with Gasteiger partial charge in [-0.15, -0.1) is 0 Å². The molecule has 2 rings (SSSR count). The predicted octanol–water partition coefficient (Wildman–Crippen LogP) is 1.76. The molecule has 8 heavy (non-hydrogen) atoms. The molecule has 0 saturated heterocycles. The largest absolute Gasteiger partial charge is 0.380 e. The molecule has 1 aromatic carbocycles. The number of rotatable bonds is 0. The molecular formula is C6H5NO. The minimum Gasteiger partial charge on any atom is -0.380 e. The van der Waals surface area contributed by atoms with E-state index >= 15 is 0 Å². The first-order chi connectivity index (χ1) is 3.97. The van der Waals surface area contributed by atoms with Crippen LogP contribution < -0.4 is 0 Å². The van der Waals surface area contributed by atoms with Gasteiger partial charge in [-0.1, -0.05) is 12.1 Å². The van der Waals surface area contributed by atoms with Crippen molar-refractivity contribution in [1.82, 2.24) is 5.16 Å². The maximum Gasteiger partial charge on any atom is 0.181 e. The van der Waals surface area contributed by atoms with Crippen LogP contribution in [-0.2, 0) is 0 Å². The lowest BCUT2D eigenvalue weighted by atomic mass is 10.3. The van der Waals surface area contributed by atoms with Crippen molar-refractivity contribution >= 4 is 11.1 Å². The van der Waals surface area contributed by atoms with Gasteiger partial charge in [0.15, 0.2) is 5.58 Å². The van der Waals surface area contributed by atoms with E-state index in [1.54, 1.807) is 0 Å². The van der Waals surface area contributed by atoms with Crippen LogP contribution in [0.2, 0.25) is 0 Å². The van der Waals surface area contributed by atoms with Crippen molar-refractivity contribution in [2.75, 3.05) is 0 Å². The molecule has 0 aliphatic rings. The fourth-order valence-corrected chi connectivity index (χ4v) is 0.704. The molecule has 0 bridgehead atoms. The topological polar surface area (TPSA) is 28.9 Å². The van der Waals surface area contributed by atoms with Gasteiger partial charge in [-0.2, -0.15) is 0 Å². The predicted molar refractivity (Wildman–Crippen MR) is 30.6 cm³/mol. The third kappa shape index (κ3) is 0.320. The summed E-state index contributed by atoms with van der Waals surface area (Å²) in [5.74, 6) is 0. The highest BCUT2D eigenvalue weighted by Crippen LogP contribution is 2.10. The zero-order valence-electron chi connectivity index (χ0n) is 4.22. The van der Waals surface area contributed by atoms with Gasteiger partial charge in [0, 0.05) is 0 Å². The van der Waals surface area contributed by atoms with E-state index in [2.05, 4.69) is 5.16 Å². The van der Waals surface area contributed by atoms with Crippen LogP contribution in [0.4, 0.5) is 0 Å². The second kappa shape index (κ2) is 1.15. The number of hydrogen-bond acceptors (Lipinski definition) is 1. The van der Waals surface area contributed by atoms with Crippen LogP contribution >= 0.6 is 0 Å². The quantitative estimate of drug-likeness (QED) is 0.546. The summed E-state index contributed by atoms with van der Waals surface area (Å²) in [6.45, 7) is 0. The summed E-state index contributed by atoms with van der Waals surface area (Å²) in [5, 5.41) is 2.69. The van der Waals surface area contributed by atoms with Gasteiger partial charge in [0.05, 0.1) is 0 Å². The average molecular weight is 107 g/mol. The van der Waals surface area contributed by atoms with E-state index in [1.165, 1.54) is 0 Å². The lowest BCUT2D eigenvalue weighted by Gasteiger charge is -1.96. The van der Waals surface area contributed by atoms with Gasteiger partial charge >= 0.3 is 0 Å². The van der Waals surface area contributed by atoms with Gasteiger partial charge in [-0.25, -0.2) is 5.16 Å². The van der Waals surface area contributed by atoms with Crippen LogP contribution in [-0.4, -0.2) is 5.16 Å². The molecule has 2 heteroatoms. The van der Waals surface area contributed by atoms with E-state index in [0.717, 1.165) is 11.1 Å². The third-order valence-electron chi connectivity index (χ3n) is 1.16. The Kier molecular flexibility index (Phi) is 0.545. The Hall–Kier alpha value is -1.18. The number of hydrogen-bond donors (Lipinski definition) is 1. The Morgan fingerprint density at radius 3 is 2.50 bits per heavy atom. The molecule has 0 spiro atoms. The van der Waals surface area contributed by atoms with Crippen molar-refractivity contribution in [2.24, 2.45) is 0 Å². The molecule has 2 aromatic rings. The number of aromatic amines is 1. The minimum absolute atomic E-state index is 0.938. The monoisotopic (exact) mass is 107 g/mol. The molecule has 1 aromatic heterocycles. The fraction of sp³-hybridized carbons (Fsp3) is 0. The lowest BCUT2D eigenvalue weighted by Crippen LogP contribution is -1.79. The SMILES string of the molecule is c1ccc2o[nH]c2c1. The molecular weight excluding hydrogens is 102 g/mol. The first kappa shape index (κ1) is 3.78. The second-order valence-electron chi connectivity index (χ2n) is 1.70. The highest BCUT2D eigenvalue weighted by molar-refractivity contribution is 5.72. The molecule has 0 amide bonds. The summed E-state index contributed by atoms with van der Waals surface area (Å²) >= 11 is 0. The van der Waals surface area contributed by atoms with E-state index in [9.17, 15) is 0 Å². The number of H-pyrrole nitrogens is 1. The first-order valence-corrected chi connectivity index (χ1v) is 2.49. The summed E-state index contributed by atoms with van der Waals surface area (Å²) in [6, 6.07) is 7.80. The molecule has 1 N–H and O–H groups in total. The van der Waals surface area contributed by atoms with E-state index in [4.69, 9.17) is 4.52 Å². The lowest BCUT2D eigenvalue weighted by molar-refractivity contribution is 0.424. The number of para-hydroxylation sites is 2. The van der Waals surface area contributed by atoms with Crippen LogP contribution in [0, 0.1) is 0 Å².